The maximum absolute atomic E-state index is 13.9. The van der Waals surface area contributed by atoms with Crippen LogP contribution in [0.15, 0.2) is 72.8 Å². The Hall–Kier alpha value is -3.51. The van der Waals surface area contributed by atoms with E-state index in [1.165, 1.54) is 39.3 Å². The zero-order valence-electron chi connectivity index (χ0n) is 19.4. The summed E-state index contributed by atoms with van der Waals surface area (Å²) in [5, 5.41) is 2.47. The van der Waals surface area contributed by atoms with Gasteiger partial charge in [-0.05, 0) is 73.2 Å². The molecule has 2 heterocycles. The van der Waals surface area contributed by atoms with E-state index in [0.29, 0.717) is 25.1 Å². The highest BCUT2D eigenvalue weighted by Gasteiger charge is 2.56. The van der Waals surface area contributed by atoms with Gasteiger partial charge in [0.2, 0.25) is 0 Å². The third-order valence-corrected chi connectivity index (χ3v) is 7.18. The number of imide groups is 1. The molecule has 0 aromatic heterocycles. The molecular weight excluding hydrogens is 429 g/mol. The maximum Gasteiger partial charge on any atom is 0.329 e. The minimum atomic E-state index is -0.996. The first-order valence-electron chi connectivity index (χ1n) is 11.7. The molecule has 3 aromatic rings. The minimum absolute atomic E-state index is 0.0589. The Morgan fingerprint density at radius 1 is 1.03 bits per heavy atom. The van der Waals surface area contributed by atoms with Crippen molar-refractivity contribution in [3.8, 4) is 11.1 Å². The van der Waals surface area contributed by atoms with Gasteiger partial charge in [0.1, 0.15) is 11.4 Å². The first-order chi connectivity index (χ1) is 16.4. The van der Waals surface area contributed by atoms with Crippen molar-refractivity contribution in [2.45, 2.75) is 44.8 Å². The molecule has 0 saturated carbocycles. The summed E-state index contributed by atoms with van der Waals surface area (Å²) in [6.45, 7) is 5.62. The van der Waals surface area contributed by atoms with E-state index in [9.17, 15) is 14.0 Å². The lowest BCUT2D eigenvalue weighted by Gasteiger charge is -2.45. The van der Waals surface area contributed by atoms with E-state index in [-0.39, 0.29) is 11.9 Å². The Kier molecular flexibility index (Phi) is 5.70. The standard InChI is InChI=1S/C28H28FN3O2/c1-19-7-3-4-12-25(19)22-9-5-8-21(15-22)18-31-14-13-28(17-20(31)2)26(33)30-27(34)32(28)24-11-6-10-23(29)16-24/h3-12,15-16,20H,13-14,17-18H2,1-2H3,(H,30,33,34). The number of aryl methyl sites for hydroxylation is 1. The van der Waals surface area contributed by atoms with Gasteiger partial charge in [-0.1, -0.05) is 48.5 Å². The van der Waals surface area contributed by atoms with Gasteiger partial charge in [0.25, 0.3) is 5.91 Å². The van der Waals surface area contributed by atoms with Gasteiger partial charge in [-0.25, -0.2) is 9.18 Å². The summed E-state index contributed by atoms with van der Waals surface area (Å²) in [6.07, 6.45) is 0.974. The van der Waals surface area contributed by atoms with Crippen LogP contribution in [-0.4, -0.2) is 35.0 Å². The van der Waals surface area contributed by atoms with E-state index in [0.717, 1.165) is 6.54 Å². The van der Waals surface area contributed by atoms with Crippen molar-refractivity contribution in [3.05, 3.63) is 89.7 Å². The molecular formula is C28H28FN3O2. The summed E-state index contributed by atoms with van der Waals surface area (Å²) in [5.41, 5.74) is 4.27. The van der Waals surface area contributed by atoms with Crippen LogP contribution in [0.25, 0.3) is 11.1 Å². The number of nitrogens with zero attached hydrogens (tertiary/aromatic N) is 2. The first-order valence-corrected chi connectivity index (χ1v) is 11.7. The van der Waals surface area contributed by atoms with E-state index in [1.54, 1.807) is 12.1 Å². The van der Waals surface area contributed by atoms with E-state index in [2.05, 4.69) is 66.5 Å². The number of carbonyl (C=O) groups is 2. The fraction of sp³-hybridized carbons (Fsp3) is 0.286. The molecule has 0 aliphatic carbocycles. The van der Waals surface area contributed by atoms with Crippen molar-refractivity contribution in [2.75, 3.05) is 11.4 Å². The van der Waals surface area contributed by atoms with Gasteiger partial charge in [-0.15, -0.1) is 0 Å². The van der Waals surface area contributed by atoms with Crippen molar-refractivity contribution in [1.82, 2.24) is 10.2 Å². The first kappa shape index (κ1) is 22.3. The predicted molar refractivity (Wildman–Crippen MR) is 131 cm³/mol. The average Bonchev–Trinajstić information content (AvgIpc) is 3.05. The molecule has 34 heavy (non-hydrogen) atoms. The average molecular weight is 458 g/mol. The quantitative estimate of drug-likeness (QED) is 0.543. The van der Waals surface area contributed by atoms with Gasteiger partial charge in [-0.2, -0.15) is 0 Å². The molecule has 3 amide bonds. The topological polar surface area (TPSA) is 52.7 Å². The smallest absolute Gasteiger partial charge is 0.296 e. The Bertz CT molecular complexity index is 1260. The Balaban J connectivity index is 1.37. The van der Waals surface area contributed by atoms with Crippen molar-refractivity contribution >= 4 is 17.6 Å². The zero-order valence-corrected chi connectivity index (χ0v) is 19.4. The molecule has 2 unspecified atom stereocenters. The summed E-state index contributed by atoms with van der Waals surface area (Å²) in [4.78, 5) is 29.5. The summed E-state index contributed by atoms with van der Waals surface area (Å²) in [5.74, 6) is -0.728. The molecule has 1 spiro atoms. The largest absolute Gasteiger partial charge is 0.329 e. The molecule has 0 bridgehead atoms. The van der Waals surface area contributed by atoms with Gasteiger partial charge in [0, 0.05) is 24.8 Å². The van der Waals surface area contributed by atoms with Gasteiger partial charge in [0.15, 0.2) is 0 Å². The van der Waals surface area contributed by atoms with Gasteiger partial charge >= 0.3 is 6.03 Å². The van der Waals surface area contributed by atoms with Crippen LogP contribution < -0.4 is 10.2 Å². The Morgan fingerprint density at radius 2 is 1.82 bits per heavy atom. The number of piperidine rings is 1. The Morgan fingerprint density at radius 3 is 2.59 bits per heavy atom. The number of nitrogens with one attached hydrogen (secondary N) is 1. The third kappa shape index (κ3) is 3.88. The summed E-state index contributed by atoms with van der Waals surface area (Å²) >= 11 is 0. The number of rotatable bonds is 4. The summed E-state index contributed by atoms with van der Waals surface area (Å²) in [7, 11) is 0. The van der Waals surface area contributed by atoms with Crippen LogP contribution in [0.1, 0.15) is 30.9 Å². The number of halogens is 1. The van der Waals surface area contributed by atoms with Crippen LogP contribution in [0, 0.1) is 12.7 Å². The van der Waals surface area contributed by atoms with Gasteiger partial charge in [0.05, 0.1) is 0 Å². The number of benzene rings is 3. The molecule has 0 radical (unpaired) electrons. The van der Waals surface area contributed by atoms with Crippen molar-refractivity contribution in [1.29, 1.82) is 0 Å². The number of carbonyl (C=O) groups excluding carboxylic acids is 2. The molecule has 5 rings (SSSR count). The molecule has 1 N–H and O–H groups in total. The van der Waals surface area contributed by atoms with E-state index in [4.69, 9.17) is 0 Å². The SMILES string of the molecule is Cc1ccccc1-c1cccc(CN2CCC3(CC2C)C(=O)NC(=O)N3c2cccc(F)c2)c1. The highest BCUT2D eigenvalue weighted by atomic mass is 19.1. The number of anilines is 1. The second kappa shape index (κ2) is 8.69. The van der Waals surface area contributed by atoms with Crippen LogP contribution in [-0.2, 0) is 11.3 Å². The van der Waals surface area contributed by atoms with E-state index >= 15 is 0 Å². The number of amides is 3. The van der Waals surface area contributed by atoms with Crippen molar-refractivity contribution < 1.29 is 14.0 Å². The van der Waals surface area contributed by atoms with Crippen LogP contribution in [0.4, 0.5) is 14.9 Å². The molecule has 2 saturated heterocycles. The predicted octanol–water partition coefficient (Wildman–Crippen LogP) is 5.28. The molecule has 5 nitrogen and oxygen atoms in total. The number of hydrogen-bond acceptors (Lipinski definition) is 3. The lowest BCUT2D eigenvalue weighted by molar-refractivity contribution is -0.125. The van der Waals surface area contributed by atoms with Gasteiger partial charge in [-0.3, -0.25) is 19.9 Å². The lowest BCUT2D eigenvalue weighted by atomic mass is 9.81. The van der Waals surface area contributed by atoms with E-state index < -0.39 is 17.4 Å². The fourth-order valence-electron chi connectivity index (χ4n) is 5.43. The van der Waals surface area contributed by atoms with Crippen molar-refractivity contribution in [3.63, 3.8) is 0 Å². The molecule has 2 aliphatic heterocycles. The molecule has 6 heteroatoms. The normalized spacial score (nSPS) is 22.9. The highest BCUT2D eigenvalue weighted by molar-refractivity contribution is 6.17. The third-order valence-electron chi connectivity index (χ3n) is 7.18. The second-order valence-corrected chi connectivity index (χ2v) is 9.40. The lowest BCUT2D eigenvalue weighted by Crippen LogP contribution is -2.59. The van der Waals surface area contributed by atoms with Gasteiger partial charge < -0.3 is 0 Å². The molecule has 2 aliphatic rings. The summed E-state index contributed by atoms with van der Waals surface area (Å²) < 4.78 is 13.9. The number of urea groups is 1. The van der Waals surface area contributed by atoms with Crippen LogP contribution in [0.5, 0.6) is 0 Å². The molecule has 3 aromatic carbocycles. The maximum atomic E-state index is 13.9. The highest BCUT2D eigenvalue weighted by Crippen LogP contribution is 2.40. The Labute approximate surface area is 199 Å². The van der Waals surface area contributed by atoms with Crippen LogP contribution in [0.2, 0.25) is 0 Å². The minimum Gasteiger partial charge on any atom is -0.296 e. The van der Waals surface area contributed by atoms with Crippen molar-refractivity contribution in [2.24, 2.45) is 0 Å². The fourth-order valence-corrected chi connectivity index (χ4v) is 5.43. The molecule has 174 valence electrons. The van der Waals surface area contributed by atoms with E-state index in [1.807, 2.05) is 6.07 Å². The monoisotopic (exact) mass is 457 g/mol. The molecule has 2 fully saturated rings. The number of hydrogen-bond donors (Lipinski definition) is 1. The summed E-state index contributed by atoms with van der Waals surface area (Å²) in [6, 6.07) is 22.4. The van der Waals surface area contributed by atoms with Crippen LogP contribution >= 0.6 is 0 Å². The molecule has 2 atom stereocenters. The number of likely N-dealkylation sites (tertiary alicyclic amines) is 1. The zero-order chi connectivity index (χ0) is 23.9. The second-order valence-electron chi connectivity index (χ2n) is 9.40. The van der Waals surface area contributed by atoms with Crippen LogP contribution in [0.3, 0.4) is 0 Å².